The van der Waals surface area contributed by atoms with Crippen LogP contribution in [-0.2, 0) is 34.9 Å². The Labute approximate surface area is 278 Å². The number of hydrogen-bond acceptors (Lipinski definition) is 14. The lowest BCUT2D eigenvalue weighted by molar-refractivity contribution is -0.759. The molecule has 274 valence electrons. The molecule has 0 aliphatic heterocycles. The van der Waals surface area contributed by atoms with Crippen molar-refractivity contribution in [3.8, 4) is 5.75 Å². The van der Waals surface area contributed by atoms with Crippen molar-refractivity contribution in [2.24, 2.45) is 11.8 Å². The second-order valence-corrected chi connectivity index (χ2v) is 11.0. The van der Waals surface area contributed by atoms with Gasteiger partial charge >= 0.3 is 18.1 Å². The number of nitrogens with zero attached hydrogens (tertiary/aromatic N) is 2. The van der Waals surface area contributed by atoms with E-state index in [1.165, 1.54) is 18.2 Å². The molecule has 1 aliphatic carbocycles. The zero-order chi connectivity index (χ0) is 36.4. The Kier molecular flexibility index (Phi) is 17.3. The second kappa shape index (κ2) is 20.8. The molecule has 6 atom stereocenters. The number of rotatable bonds is 22. The minimum Gasteiger partial charge on any atom is -0.491 e. The molecule has 19 heteroatoms. The summed E-state index contributed by atoms with van der Waals surface area (Å²) < 4.78 is 54.0. The van der Waals surface area contributed by atoms with Crippen LogP contribution in [0.5, 0.6) is 5.75 Å². The van der Waals surface area contributed by atoms with Gasteiger partial charge < -0.3 is 39.2 Å². The smallest absolute Gasteiger partial charge is 0.416 e. The highest BCUT2D eigenvalue weighted by molar-refractivity contribution is 5.70. The first-order valence-corrected chi connectivity index (χ1v) is 15.2. The van der Waals surface area contributed by atoms with Crippen molar-refractivity contribution in [1.82, 2.24) is 0 Å². The van der Waals surface area contributed by atoms with Crippen LogP contribution in [0.1, 0.15) is 50.5 Å². The maximum atomic E-state index is 12.9. The Bertz CT molecular complexity index is 1280. The van der Waals surface area contributed by atoms with E-state index in [1.54, 1.807) is 18.2 Å². The SMILES string of the molecule is O=C(CCC/C=C\C[C@@H]1[C@@H](/C=C/[C@@H](O)COc2cccc(C(F)(F)F)c2)[C@H](O)C[C@@H]1O)OCC(CO[N+](=O)[O-])OC(=O)CCCO[N+](=O)[O-]. The summed E-state index contributed by atoms with van der Waals surface area (Å²) in [5, 5.41) is 49.6. The number of halogens is 3. The van der Waals surface area contributed by atoms with Gasteiger partial charge in [-0.25, -0.2) is 0 Å². The quantitative estimate of drug-likeness (QED) is 0.0517. The molecule has 2 rings (SSSR count). The largest absolute Gasteiger partial charge is 0.491 e. The Hall–Kier alpha value is -4.49. The summed E-state index contributed by atoms with van der Waals surface area (Å²) in [6, 6.07) is 4.23. The highest BCUT2D eigenvalue weighted by Crippen LogP contribution is 2.36. The average Bonchev–Trinajstić information content (AvgIpc) is 3.30. The fraction of sp³-hybridized carbons (Fsp3) is 0.600. The van der Waals surface area contributed by atoms with E-state index in [2.05, 4.69) is 9.68 Å². The minimum absolute atomic E-state index is 0.0457. The van der Waals surface area contributed by atoms with Gasteiger partial charge in [0.1, 0.15) is 31.7 Å². The van der Waals surface area contributed by atoms with E-state index in [1.807, 2.05) is 0 Å². The second-order valence-electron chi connectivity index (χ2n) is 11.0. The maximum Gasteiger partial charge on any atom is 0.416 e. The molecule has 0 heterocycles. The molecule has 0 spiro atoms. The topological polar surface area (TPSA) is 227 Å². The lowest BCUT2D eigenvalue weighted by Crippen LogP contribution is -2.30. The predicted molar refractivity (Wildman–Crippen MR) is 159 cm³/mol. The van der Waals surface area contributed by atoms with Gasteiger partial charge in [-0.15, -0.1) is 20.2 Å². The number of esters is 2. The normalized spacial score (nSPS) is 20.5. The van der Waals surface area contributed by atoms with Crippen LogP contribution >= 0.6 is 0 Å². The first-order chi connectivity index (χ1) is 23.1. The number of benzene rings is 1. The van der Waals surface area contributed by atoms with Crippen LogP contribution in [0.4, 0.5) is 13.2 Å². The van der Waals surface area contributed by atoms with Gasteiger partial charge in [0.2, 0.25) is 0 Å². The molecule has 1 aromatic carbocycles. The molecular weight excluding hydrogens is 669 g/mol. The van der Waals surface area contributed by atoms with E-state index in [4.69, 9.17) is 14.2 Å². The van der Waals surface area contributed by atoms with Crippen LogP contribution in [-0.4, -0.2) is 88.3 Å². The van der Waals surface area contributed by atoms with Gasteiger partial charge in [0, 0.05) is 25.2 Å². The lowest BCUT2D eigenvalue weighted by atomic mass is 9.89. The van der Waals surface area contributed by atoms with Gasteiger partial charge in [0.25, 0.3) is 10.2 Å². The molecule has 1 fully saturated rings. The van der Waals surface area contributed by atoms with Gasteiger partial charge in [-0.1, -0.05) is 30.4 Å². The molecule has 16 nitrogen and oxygen atoms in total. The van der Waals surface area contributed by atoms with Crippen molar-refractivity contribution in [3.05, 3.63) is 74.4 Å². The fourth-order valence-corrected chi connectivity index (χ4v) is 4.82. The van der Waals surface area contributed by atoms with Crippen LogP contribution in [0, 0.1) is 32.1 Å². The molecule has 0 amide bonds. The van der Waals surface area contributed by atoms with Crippen LogP contribution in [0.3, 0.4) is 0 Å². The van der Waals surface area contributed by atoms with E-state index in [0.717, 1.165) is 12.1 Å². The lowest BCUT2D eigenvalue weighted by Gasteiger charge is -2.19. The monoisotopic (exact) mass is 708 g/mol. The van der Waals surface area contributed by atoms with Crippen LogP contribution in [0.25, 0.3) is 0 Å². The number of hydrogen-bond donors (Lipinski definition) is 3. The third-order valence-electron chi connectivity index (χ3n) is 7.20. The first kappa shape index (κ1) is 40.7. The van der Waals surface area contributed by atoms with Gasteiger partial charge in [-0.05, 0) is 49.8 Å². The van der Waals surface area contributed by atoms with Crippen molar-refractivity contribution >= 4 is 11.9 Å². The number of ether oxygens (including phenoxy) is 3. The third-order valence-corrected chi connectivity index (χ3v) is 7.20. The number of aliphatic hydroxyl groups is 3. The van der Waals surface area contributed by atoms with Crippen molar-refractivity contribution < 1.29 is 72.1 Å². The molecule has 1 unspecified atom stereocenters. The Morgan fingerprint density at radius 3 is 2.39 bits per heavy atom. The van der Waals surface area contributed by atoms with Gasteiger partial charge in [-0.2, -0.15) is 13.2 Å². The van der Waals surface area contributed by atoms with Crippen molar-refractivity contribution in [3.63, 3.8) is 0 Å². The van der Waals surface area contributed by atoms with E-state index in [0.29, 0.717) is 19.3 Å². The standard InChI is InChI=1S/C30H39F3N2O14/c31-30(32,33)20-7-5-8-22(15-20)45-17-21(36)12-13-25-24(26(37)16-27(25)38)9-3-1-2-4-10-28(39)46-18-23(19-48-35(43)44)49-29(40)11-6-14-47-34(41)42/h1,3,5,7-8,12-13,15,21,23-27,36-38H,2,4,6,9-11,14,16-19H2/b3-1-,13-12+/t21-,23?,24-,25-,26+,27-/m1/s1. The van der Waals surface area contributed by atoms with Gasteiger partial charge in [0.05, 0.1) is 24.4 Å². The number of carbonyl (C=O) groups is 2. The minimum atomic E-state index is -4.54. The average molecular weight is 709 g/mol. The highest BCUT2D eigenvalue weighted by atomic mass is 19.4. The molecular formula is C30H39F3N2O14. The number of alkyl halides is 3. The zero-order valence-corrected chi connectivity index (χ0v) is 26.2. The Morgan fingerprint density at radius 1 is 0.980 bits per heavy atom. The number of carbonyl (C=O) groups excluding carboxylic acids is 2. The first-order valence-electron chi connectivity index (χ1n) is 15.2. The summed E-state index contributed by atoms with van der Waals surface area (Å²) in [5.41, 5.74) is -0.889. The molecule has 1 saturated carbocycles. The van der Waals surface area contributed by atoms with Crippen molar-refractivity contribution in [1.29, 1.82) is 0 Å². The zero-order valence-electron chi connectivity index (χ0n) is 26.2. The summed E-state index contributed by atoms with van der Waals surface area (Å²) in [6.45, 7) is -1.93. The molecule has 0 saturated heterocycles. The highest BCUT2D eigenvalue weighted by Gasteiger charge is 2.39. The summed E-state index contributed by atoms with van der Waals surface area (Å²) in [6.07, 6.45) is -1.47. The number of unbranched alkanes of at least 4 members (excludes halogenated alkanes) is 1. The summed E-state index contributed by atoms with van der Waals surface area (Å²) >= 11 is 0. The van der Waals surface area contributed by atoms with E-state index in [-0.39, 0.29) is 44.6 Å². The maximum absolute atomic E-state index is 12.9. The predicted octanol–water partition coefficient (Wildman–Crippen LogP) is 3.13. The van der Waals surface area contributed by atoms with Crippen molar-refractivity contribution in [2.45, 2.75) is 75.5 Å². The van der Waals surface area contributed by atoms with E-state index >= 15 is 0 Å². The fourth-order valence-electron chi connectivity index (χ4n) is 4.82. The Morgan fingerprint density at radius 2 is 1.69 bits per heavy atom. The molecule has 0 radical (unpaired) electrons. The van der Waals surface area contributed by atoms with Crippen molar-refractivity contribution in [2.75, 3.05) is 26.4 Å². The number of allylic oxidation sites excluding steroid dienone is 2. The molecule has 0 bridgehead atoms. The van der Waals surface area contributed by atoms with Gasteiger partial charge in [0.15, 0.2) is 6.10 Å². The van der Waals surface area contributed by atoms with Crippen LogP contribution < -0.4 is 4.74 Å². The summed E-state index contributed by atoms with van der Waals surface area (Å²) in [7, 11) is 0. The van der Waals surface area contributed by atoms with E-state index in [9.17, 15) is 58.3 Å². The van der Waals surface area contributed by atoms with Gasteiger partial charge in [-0.3, -0.25) is 9.59 Å². The molecule has 1 aromatic rings. The summed E-state index contributed by atoms with van der Waals surface area (Å²) in [5.74, 6) is -2.52. The number of aliphatic hydroxyl groups excluding tert-OH is 3. The van der Waals surface area contributed by atoms with Crippen LogP contribution in [0.15, 0.2) is 48.6 Å². The molecule has 1 aliphatic rings. The molecule has 3 N–H and O–H groups in total. The van der Waals surface area contributed by atoms with Crippen LogP contribution in [0.2, 0.25) is 0 Å². The molecule has 49 heavy (non-hydrogen) atoms. The third kappa shape index (κ3) is 16.4. The summed E-state index contributed by atoms with van der Waals surface area (Å²) in [4.78, 5) is 52.9. The molecule has 0 aromatic heterocycles. The Balaban J connectivity index is 1.75. The van der Waals surface area contributed by atoms with E-state index < -0.39 is 83.3 Å².